The Morgan fingerprint density at radius 3 is 1.19 bits per heavy atom. The van der Waals surface area contributed by atoms with E-state index < -0.39 is 46.0 Å². The summed E-state index contributed by atoms with van der Waals surface area (Å²) in [6.07, 6.45) is 20.0. The molecule has 0 amide bonds. The molecule has 0 atom stereocenters. The third kappa shape index (κ3) is 12.2. The predicted molar refractivity (Wildman–Crippen MR) is 172 cm³/mol. The van der Waals surface area contributed by atoms with Crippen LogP contribution in [-0.2, 0) is 21.7 Å². The van der Waals surface area contributed by atoms with E-state index in [2.05, 4.69) is 24.3 Å². The number of hydrogen-bond donors (Lipinski definition) is 2. The zero-order valence-electron chi connectivity index (χ0n) is 24.4. The Labute approximate surface area is 295 Å². The molecule has 0 radical (unpaired) electrons. The maximum Gasteiger partial charge on any atom is 4.00 e. The van der Waals surface area contributed by atoms with E-state index in [9.17, 15) is 27.2 Å². The van der Waals surface area contributed by atoms with Crippen molar-refractivity contribution in [2.24, 2.45) is 0 Å². The van der Waals surface area contributed by atoms with Gasteiger partial charge in [-0.25, -0.2) is 41.9 Å². The molecular weight excluding hydrogens is 687 g/mol. The van der Waals surface area contributed by atoms with Crippen LogP contribution in [-0.4, -0.2) is 11.6 Å². The van der Waals surface area contributed by atoms with Crippen molar-refractivity contribution in [1.82, 2.24) is 0 Å². The van der Waals surface area contributed by atoms with E-state index in [0.717, 1.165) is 25.0 Å². The summed E-state index contributed by atoms with van der Waals surface area (Å²) in [6.45, 7) is 0. The van der Waals surface area contributed by atoms with Crippen LogP contribution in [0.3, 0.4) is 0 Å². The normalized spacial score (nSPS) is 11.7. The second kappa shape index (κ2) is 19.5. The van der Waals surface area contributed by atoms with Crippen molar-refractivity contribution in [1.29, 1.82) is 0 Å². The Morgan fingerprint density at radius 2 is 0.957 bits per heavy atom. The summed E-state index contributed by atoms with van der Waals surface area (Å²) >= 11 is 11.4. The van der Waals surface area contributed by atoms with Crippen molar-refractivity contribution in [3.8, 4) is 0 Å². The molecule has 0 heterocycles. The number of carbonyl (C=O) groups is 2. The molecule has 2 aliphatic carbocycles. The van der Waals surface area contributed by atoms with Crippen LogP contribution in [0.4, 0.5) is 28.9 Å². The number of rotatable bonds is 4. The van der Waals surface area contributed by atoms with Crippen molar-refractivity contribution >= 4 is 46.1 Å². The zero-order valence-corrected chi connectivity index (χ0v) is 27.5. The average molecular weight is 711 g/mol. The van der Waals surface area contributed by atoms with Crippen LogP contribution in [0, 0.1) is 47.6 Å². The number of nitrogens with two attached hydrogens (primary N) is 2. The summed E-state index contributed by atoms with van der Waals surface area (Å²) < 4.78 is 52.7. The second-order valence-corrected chi connectivity index (χ2v) is 10.1. The van der Waals surface area contributed by atoms with Crippen molar-refractivity contribution in [3.05, 3.63) is 177 Å². The van der Waals surface area contributed by atoms with Gasteiger partial charge in [0.15, 0.2) is 0 Å². The van der Waals surface area contributed by atoms with Gasteiger partial charge >= 0.3 is 21.7 Å². The van der Waals surface area contributed by atoms with E-state index in [-0.39, 0.29) is 44.2 Å². The standard InChI is InChI=1S/2C13H7ClF2NO.2C5H5.Ti/c2*14-8-3-1-7(2-4-8)13(18)12-10(16)5-9(15)6-11(12)17;2*1-2-4-5-3-1;/h2*1-4,6H,17H2;2*1-3H,4H2;/q4*-1;+4. The number of ketones is 2. The van der Waals surface area contributed by atoms with Gasteiger partial charge in [-0.1, -0.05) is 58.8 Å². The van der Waals surface area contributed by atoms with Crippen molar-refractivity contribution in [3.63, 3.8) is 0 Å². The van der Waals surface area contributed by atoms with Crippen LogP contribution < -0.4 is 11.5 Å². The SMILES string of the molecule is Nc1cc(F)[c-]c(F)c1C(=O)c1ccc(Cl)cc1.Nc1cc(F)[c-]c(F)c1C(=O)c1ccc(Cl)cc1.[C-]1=CC=CC1.[C-]1=CC=CC1.[Ti+4]. The molecule has 0 unspecified atom stereocenters. The molecule has 0 aromatic heterocycles. The first-order valence-corrected chi connectivity index (χ1v) is 14.1. The Hall–Kier alpha value is -4.21. The van der Waals surface area contributed by atoms with E-state index in [4.69, 9.17) is 34.7 Å². The number of halogens is 6. The van der Waals surface area contributed by atoms with Gasteiger partial charge in [0.05, 0.1) is 0 Å². The summed E-state index contributed by atoms with van der Waals surface area (Å²) in [4.78, 5) is 24.0. The van der Waals surface area contributed by atoms with Crippen LogP contribution in [0.2, 0.25) is 10.0 Å². The van der Waals surface area contributed by atoms with Crippen LogP contribution in [0.5, 0.6) is 0 Å². The number of carbonyl (C=O) groups excluding carboxylic acids is 2. The van der Waals surface area contributed by atoms with Gasteiger partial charge in [0.2, 0.25) is 0 Å². The molecule has 0 spiro atoms. The first-order chi connectivity index (χ1) is 22.0. The van der Waals surface area contributed by atoms with E-state index in [0.29, 0.717) is 10.0 Å². The Kier molecular flexibility index (Phi) is 16.1. The third-order valence-corrected chi connectivity index (χ3v) is 6.38. The van der Waals surface area contributed by atoms with Gasteiger partial charge < -0.3 is 21.1 Å². The summed E-state index contributed by atoms with van der Waals surface area (Å²) in [6, 6.07) is 17.0. The second-order valence-electron chi connectivity index (χ2n) is 9.20. The zero-order chi connectivity index (χ0) is 33.6. The fourth-order valence-corrected chi connectivity index (χ4v) is 3.96. The molecule has 47 heavy (non-hydrogen) atoms. The Bertz CT molecular complexity index is 1610. The third-order valence-electron chi connectivity index (χ3n) is 5.88. The van der Waals surface area contributed by atoms with Gasteiger partial charge in [0.25, 0.3) is 0 Å². The molecule has 11 heteroatoms. The first-order valence-electron chi connectivity index (χ1n) is 13.4. The van der Waals surface area contributed by atoms with Crippen molar-refractivity contribution in [2.45, 2.75) is 12.8 Å². The number of benzene rings is 4. The number of allylic oxidation sites excluding steroid dienone is 8. The molecular formula is C36H24Cl2F4N2O2Ti. The van der Waals surface area contributed by atoms with Gasteiger partial charge in [-0.3, -0.25) is 12.2 Å². The maximum atomic E-state index is 13.5. The van der Waals surface area contributed by atoms with E-state index >= 15 is 0 Å². The molecule has 4 nitrogen and oxygen atoms in total. The number of nitrogen functional groups attached to an aromatic ring is 2. The molecule has 2 aliphatic rings. The smallest absolute Gasteiger partial charge is 0.419 e. The molecule has 0 saturated carbocycles. The van der Waals surface area contributed by atoms with Crippen LogP contribution >= 0.6 is 23.2 Å². The summed E-state index contributed by atoms with van der Waals surface area (Å²) in [7, 11) is 0. The van der Waals surface area contributed by atoms with Gasteiger partial charge in [0.1, 0.15) is 11.6 Å². The minimum absolute atomic E-state index is 0. The molecule has 4 N–H and O–H groups in total. The minimum atomic E-state index is -1.10. The molecule has 0 fully saturated rings. The van der Waals surface area contributed by atoms with Gasteiger partial charge in [-0.05, 0) is 35.4 Å². The topological polar surface area (TPSA) is 86.2 Å². The quantitative estimate of drug-likeness (QED) is 0.0728. The molecule has 0 bridgehead atoms. The van der Waals surface area contributed by atoms with Crippen LogP contribution in [0.15, 0.2) is 97.1 Å². The Morgan fingerprint density at radius 1 is 0.617 bits per heavy atom. The Balaban J connectivity index is 0.000000248. The first kappa shape index (κ1) is 39.0. The van der Waals surface area contributed by atoms with Gasteiger partial charge in [-0.2, -0.15) is 12.2 Å². The summed E-state index contributed by atoms with van der Waals surface area (Å²) in [5.74, 6) is -5.38. The number of hydrogen-bond acceptors (Lipinski definition) is 4. The van der Waals surface area contributed by atoms with E-state index in [1.165, 1.54) is 48.5 Å². The molecule has 236 valence electrons. The van der Waals surface area contributed by atoms with Crippen LogP contribution in [0.1, 0.15) is 44.7 Å². The average Bonchev–Trinajstić information content (AvgIpc) is 3.77. The van der Waals surface area contributed by atoms with Crippen molar-refractivity contribution < 1.29 is 48.9 Å². The minimum Gasteiger partial charge on any atom is -0.419 e. The monoisotopic (exact) mass is 710 g/mol. The molecule has 0 aliphatic heterocycles. The molecule has 6 rings (SSSR count). The summed E-state index contributed by atoms with van der Waals surface area (Å²) in [5.41, 5.74) is 10.0. The molecule has 4 aromatic rings. The number of anilines is 2. The van der Waals surface area contributed by atoms with Crippen molar-refractivity contribution in [2.75, 3.05) is 11.5 Å². The molecule has 0 saturated heterocycles. The van der Waals surface area contributed by atoms with Gasteiger partial charge in [0, 0.05) is 44.4 Å². The van der Waals surface area contributed by atoms with Crippen LogP contribution in [0.25, 0.3) is 0 Å². The van der Waals surface area contributed by atoms with Gasteiger partial charge in [-0.15, -0.1) is 37.1 Å². The fraction of sp³-hybridized carbons (Fsp3) is 0.0556. The largest absolute Gasteiger partial charge is 4.00 e. The van der Waals surface area contributed by atoms with E-state index in [1.807, 2.05) is 24.3 Å². The maximum absolute atomic E-state index is 13.5. The fourth-order valence-electron chi connectivity index (χ4n) is 3.71. The summed E-state index contributed by atoms with van der Waals surface area (Å²) in [5, 5.41) is 0.899. The molecule has 4 aromatic carbocycles. The van der Waals surface area contributed by atoms with E-state index in [1.54, 1.807) is 12.1 Å². The predicted octanol–water partition coefficient (Wildman–Crippen LogP) is 9.07.